The summed E-state index contributed by atoms with van der Waals surface area (Å²) in [5.41, 5.74) is 0.733. The molecule has 1 aromatic carbocycles. The zero-order valence-corrected chi connectivity index (χ0v) is 14.6. The number of hydrogen-bond acceptors (Lipinski definition) is 4. The van der Waals surface area contributed by atoms with Gasteiger partial charge in [0.1, 0.15) is 5.82 Å². The molecule has 7 heteroatoms. The number of aliphatic carboxylic acids is 1. The van der Waals surface area contributed by atoms with Crippen molar-refractivity contribution in [3.63, 3.8) is 0 Å². The normalized spacial score (nSPS) is 12.9. The number of hydrogen-bond donors (Lipinski definition) is 2. The lowest BCUT2D eigenvalue weighted by atomic mass is 9.99. The molecule has 0 fully saturated rings. The number of ether oxygens (including phenoxy) is 1. The number of nitrogens with one attached hydrogen (secondary N) is 1. The van der Waals surface area contributed by atoms with Gasteiger partial charge >= 0.3 is 5.97 Å². The van der Waals surface area contributed by atoms with E-state index < -0.39 is 23.6 Å². The van der Waals surface area contributed by atoms with E-state index in [2.05, 4.69) is 10.3 Å². The highest BCUT2D eigenvalue weighted by atomic mass is 19.1. The molecular formula is C19H21FN2O4. The molecule has 0 aliphatic rings. The maximum atomic E-state index is 13.0. The van der Waals surface area contributed by atoms with Crippen LogP contribution >= 0.6 is 0 Å². The number of carboxylic acid groups (broad SMARTS) is 1. The van der Waals surface area contributed by atoms with Crippen molar-refractivity contribution < 1.29 is 23.8 Å². The van der Waals surface area contributed by atoms with E-state index in [1.54, 1.807) is 0 Å². The minimum Gasteiger partial charge on any atom is -0.481 e. The van der Waals surface area contributed by atoms with E-state index in [9.17, 15) is 19.1 Å². The molecule has 0 spiro atoms. The molecule has 0 saturated carbocycles. The van der Waals surface area contributed by atoms with Crippen molar-refractivity contribution in [2.24, 2.45) is 0 Å². The van der Waals surface area contributed by atoms with Crippen LogP contribution in [-0.4, -0.2) is 34.6 Å². The molecule has 2 aromatic rings. The van der Waals surface area contributed by atoms with Gasteiger partial charge in [0, 0.05) is 24.4 Å². The topological polar surface area (TPSA) is 88.5 Å². The number of carboxylic acids is 1. The zero-order chi connectivity index (χ0) is 19.1. The fourth-order valence-corrected chi connectivity index (χ4v) is 2.24. The summed E-state index contributed by atoms with van der Waals surface area (Å²) in [6, 6.07) is 8.19. The van der Waals surface area contributed by atoms with Crippen LogP contribution in [0.5, 0.6) is 5.88 Å². The molecule has 0 bridgehead atoms. The summed E-state index contributed by atoms with van der Waals surface area (Å²) >= 11 is 0. The van der Waals surface area contributed by atoms with Gasteiger partial charge in [-0.2, -0.15) is 0 Å². The van der Waals surface area contributed by atoms with Gasteiger partial charge < -0.3 is 15.2 Å². The van der Waals surface area contributed by atoms with E-state index in [1.807, 2.05) is 13.8 Å². The molecule has 0 aliphatic carbocycles. The summed E-state index contributed by atoms with van der Waals surface area (Å²) in [5.74, 6) is -2.63. The molecule has 138 valence electrons. The van der Waals surface area contributed by atoms with E-state index in [0.29, 0.717) is 17.0 Å². The fraction of sp³-hybridized carbons (Fsp3) is 0.316. The average Bonchev–Trinajstić information content (AvgIpc) is 2.63. The van der Waals surface area contributed by atoms with Gasteiger partial charge in [0.05, 0.1) is 12.0 Å². The van der Waals surface area contributed by atoms with Crippen molar-refractivity contribution in [1.29, 1.82) is 0 Å². The van der Waals surface area contributed by atoms with Crippen LogP contribution in [0.1, 0.15) is 42.1 Å². The van der Waals surface area contributed by atoms with Crippen LogP contribution in [0.25, 0.3) is 0 Å². The summed E-state index contributed by atoms with van der Waals surface area (Å²) in [6.45, 7) is 3.75. The minimum atomic E-state index is -1.10. The largest absolute Gasteiger partial charge is 0.481 e. The first-order valence-corrected chi connectivity index (χ1v) is 8.30. The zero-order valence-electron chi connectivity index (χ0n) is 14.6. The van der Waals surface area contributed by atoms with Crippen LogP contribution in [-0.2, 0) is 4.79 Å². The lowest BCUT2D eigenvalue weighted by Gasteiger charge is -2.15. The lowest BCUT2D eigenvalue weighted by Crippen LogP contribution is -2.31. The highest BCUT2D eigenvalue weighted by molar-refractivity contribution is 5.94. The summed E-state index contributed by atoms with van der Waals surface area (Å²) in [5, 5.41) is 12.0. The third-order valence-corrected chi connectivity index (χ3v) is 3.93. The van der Waals surface area contributed by atoms with Crippen LogP contribution in [0, 0.1) is 5.82 Å². The number of nitrogens with zero attached hydrogens (tertiary/aromatic N) is 1. The first kappa shape index (κ1) is 19.4. The Kier molecular flexibility index (Phi) is 6.66. The lowest BCUT2D eigenvalue weighted by molar-refractivity contribution is -0.138. The summed E-state index contributed by atoms with van der Waals surface area (Å²) in [4.78, 5) is 27.8. The third kappa shape index (κ3) is 5.27. The Balaban J connectivity index is 2.05. The molecular weight excluding hydrogens is 339 g/mol. The quantitative estimate of drug-likeness (QED) is 0.755. The number of benzene rings is 1. The average molecular weight is 360 g/mol. The van der Waals surface area contributed by atoms with Crippen LogP contribution in [0.2, 0.25) is 0 Å². The Morgan fingerprint density at radius 1 is 1.27 bits per heavy atom. The number of rotatable bonds is 8. The number of amides is 1. The second-order valence-electron chi connectivity index (χ2n) is 5.87. The predicted octanol–water partition coefficient (Wildman–Crippen LogP) is 3.00. The Hall–Kier alpha value is -2.96. The molecule has 2 N–H and O–H groups in total. The van der Waals surface area contributed by atoms with Gasteiger partial charge in [-0.25, -0.2) is 9.37 Å². The number of aromatic nitrogens is 1. The van der Waals surface area contributed by atoms with Crippen LogP contribution in [0.4, 0.5) is 4.39 Å². The van der Waals surface area contributed by atoms with Crippen molar-refractivity contribution in [2.45, 2.75) is 32.3 Å². The van der Waals surface area contributed by atoms with Crippen molar-refractivity contribution in [3.05, 3.63) is 59.5 Å². The van der Waals surface area contributed by atoms with E-state index >= 15 is 0 Å². The molecule has 2 unspecified atom stereocenters. The number of carbonyl (C=O) groups excluding carboxylic acids is 1. The predicted molar refractivity (Wildman–Crippen MR) is 93.7 cm³/mol. The Bertz CT molecular complexity index is 764. The molecule has 2 rings (SSSR count). The maximum absolute atomic E-state index is 13.0. The molecule has 2 atom stereocenters. The molecule has 1 heterocycles. The van der Waals surface area contributed by atoms with Crippen molar-refractivity contribution in [2.75, 3.05) is 6.54 Å². The minimum absolute atomic E-state index is 0.0318. The Labute approximate surface area is 151 Å². The third-order valence-electron chi connectivity index (χ3n) is 3.93. The second-order valence-corrected chi connectivity index (χ2v) is 5.87. The van der Waals surface area contributed by atoms with Gasteiger partial charge in [-0.15, -0.1) is 0 Å². The smallest absolute Gasteiger partial charge is 0.312 e. The molecule has 0 aliphatic heterocycles. The monoisotopic (exact) mass is 360 g/mol. The maximum Gasteiger partial charge on any atom is 0.312 e. The van der Waals surface area contributed by atoms with E-state index in [1.165, 1.54) is 42.6 Å². The first-order valence-electron chi connectivity index (χ1n) is 8.30. The number of carbonyl (C=O) groups is 2. The van der Waals surface area contributed by atoms with Crippen molar-refractivity contribution >= 4 is 11.9 Å². The second kappa shape index (κ2) is 8.94. The molecule has 26 heavy (non-hydrogen) atoms. The van der Waals surface area contributed by atoms with Crippen molar-refractivity contribution in [3.8, 4) is 5.88 Å². The SMILES string of the molecule is CCC(C)Oc1cc(C(=O)NCC(C(=O)O)c2ccc(F)cc2)ccn1. The Morgan fingerprint density at radius 2 is 1.96 bits per heavy atom. The summed E-state index contributed by atoms with van der Waals surface area (Å²) in [7, 11) is 0. The Morgan fingerprint density at radius 3 is 2.58 bits per heavy atom. The van der Waals surface area contributed by atoms with Crippen molar-refractivity contribution in [1.82, 2.24) is 10.3 Å². The molecule has 1 amide bonds. The standard InChI is InChI=1S/C19H21FN2O4/c1-3-12(2)26-17-10-14(8-9-21-17)18(23)22-11-16(19(24)25)13-4-6-15(20)7-5-13/h4-10,12,16H,3,11H2,1-2H3,(H,22,23)(H,24,25). The van der Waals surface area contributed by atoms with Crippen LogP contribution in [0.3, 0.4) is 0 Å². The molecule has 6 nitrogen and oxygen atoms in total. The van der Waals surface area contributed by atoms with Gasteiger partial charge in [0.2, 0.25) is 5.88 Å². The van der Waals surface area contributed by atoms with Gasteiger partial charge in [-0.3, -0.25) is 9.59 Å². The number of halogens is 1. The molecule has 0 saturated heterocycles. The van der Waals surface area contributed by atoms with Gasteiger partial charge in [0.25, 0.3) is 5.91 Å². The van der Waals surface area contributed by atoms with Crippen LogP contribution in [0.15, 0.2) is 42.6 Å². The molecule has 0 radical (unpaired) electrons. The first-order chi connectivity index (χ1) is 12.4. The van der Waals surface area contributed by atoms with E-state index in [4.69, 9.17) is 4.74 Å². The highest BCUT2D eigenvalue weighted by Crippen LogP contribution is 2.17. The summed E-state index contributed by atoms with van der Waals surface area (Å²) < 4.78 is 18.6. The van der Waals surface area contributed by atoms with Crippen LogP contribution < -0.4 is 10.1 Å². The van der Waals surface area contributed by atoms with Gasteiger partial charge in [-0.1, -0.05) is 19.1 Å². The van der Waals surface area contributed by atoms with Gasteiger partial charge in [0.15, 0.2) is 0 Å². The van der Waals surface area contributed by atoms with E-state index in [-0.39, 0.29) is 12.6 Å². The fourth-order valence-electron chi connectivity index (χ4n) is 2.24. The van der Waals surface area contributed by atoms with E-state index in [0.717, 1.165) is 6.42 Å². The number of pyridine rings is 1. The molecule has 1 aromatic heterocycles. The highest BCUT2D eigenvalue weighted by Gasteiger charge is 2.21. The summed E-state index contributed by atoms with van der Waals surface area (Å²) in [6.07, 6.45) is 2.23. The van der Waals surface area contributed by atoms with Gasteiger partial charge in [-0.05, 0) is 37.1 Å².